The second kappa shape index (κ2) is 3.58. The van der Waals surface area contributed by atoms with E-state index in [0.717, 1.165) is 5.56 Å². The fourth-order valence-electron chi connectivity index (χ4n) is 1.16. The SMILES string of the molecule is NS(=O)(=O)c1nc2cc(CBr)ccc2o1. The van der Waals surface area contributed by atoms with E-state index in [9.17, 15) is 8.42 Å². The van der Waals surface area contributed by atoms with Gasteiger partial charge < -0.3 is 4.42 Å². The Bertz CT molecular complexity index is 605. The Morgan fingerprint density at radius 2 is 2.20 bits per heavy atom. The van der Waals surface area contributed by atoms with Gasteiger partial charge in [-0.25, -0.2) is 13.6 Å². The van der Waals surface area contributed by atoms with Crippen LogP contribution in [0.3, 0.4) is 0 Å². The summed E-state index contributed by atoms with van der Waals surface area (Å²) < 4.78 is 26.9. The van der Waals surface area contributed by atoms with Crippen LogP contribution in [0.2, 0.25) is 0 Å². The highest BCUT2D eigenvalue weighted by molar-refractivity contribution is 9.08. The normalized spacial score (nSPS) is 12.1. The smallest absolute Gasteiger partial charge is 0.331 e. The van der Waals surface area contributed by atoms with E-state index in [0.29, 0.717) is 16.4 Å². The summed E-state index contributed by atoms with van der Waals surface area (Å²) in [4.78, 5) is 3.79. The Morgan fingerprint density at radius 1 is 1.47 bits per heavy atom. The Kier molecular flexibility index (Phi) is 2.53. The van der Waals surface area contributed by atoms with Crippen LogP contribution in [0.1, 0.15) is 5.56 Å². The quantitative estimate of drug-likeness (QED) is 0.847. The van der Waals surface area contributed by atoms with Crippen molar-refractivity contribution in [1.82, 2.24) is 4.98 Å². The number of primary sulfonamides is 1. The summed E-state index contributed by atoms with van der Waals surface area (Å²) in [5, 5.41) is 5.11. The van der Waals surface area contributed by atoms with Crippen molar-refractivity contribution in [2.45, 2.75) is 10.6 Å². The fourth-order valence-corrected chi connectivity index (χ4v) is 1.94. The van der Waals surface area contributed by atoms with E-state index >= 15 is 0 Å². The van der Waals surface area contributed by atoms with Crippen molar-refractivity contribution in [1.29, 1.82) is 0 Å². The lowest BCUT2D eigenvalue weighted by Crippen LogP contribution is -2.12. The summed E-state index contributed by atoms with van der Waals surface area (Å²) in [5.74, 6) is 0. The molecule has 2 N–H and O–H groups in total. The zero-order valence-corrected chi connectivity index (χ0v) is 9.88. The number of rotatable bonds is 2. The van der Waals surface area contributed by atoms with Crippen LogP contribution in [-0.4, -0.2) is 13.4 Å². The molecule has 0 aliphatic carbocycles. The number of nitrogens with zero attached hydrogens (tertiary/aromatic N) is 1. The van der Waals surface area contributed by atoms with Crippen LogP contribution in [0.15, 0.2) is 27.8 Å². The zero-order valence-electron chi connectivity index (χ0n) is 7.47. The van der Waals surface area contributed by atoms with Crippen LogP contribution in [0.4, 0.5) is 0 Å². The highest BCUT2D eigenvalue weighted by Gasteiger charge is 2.16. The lowest BCUT2D eigenvalue weighted by atomic mass is 10.2. The Balaban J connectivity index is 2.66. The zero-order chi connectivity index (χ0) is 11.1. The molecule has 5 nitrogen and oxygen atoms in total. The molecule has 7 heteroatoms. The highest BCUT2D eigenvalue weighted by atomic mass is 79.9. The third-order valence-electron chi connectivity index (χ3n) is 1.83. The molecule has 0 amide bonds. The van der Waals surface area contributed by atoms with E-state index in [1.807, 2.05) is 6.07 Å². The molecule has 0 atom stereocenters. The molecule has 0 fully saturated rings. The van der Waals surface area contributed by atoms with Crippen LogP contribution in [0.5, 0.6) is 0 Å². The molecule has 1 aromatic heterocycles. The third-order valence-corrected chi connectivity index (χ3v) is 3.14. The van der Waals surface area contributed by atoms with Crippen LogP contribution < -0.4 is 5.14 Å². The molecule has 0 unspecified atom stereocenters. The minimum absolute atomic E-state index is 0.406. The van der Waals surface area contributed by atoms with Gasteiger partial charge in [0, 0.05) is 5.33 Å². The lowest BCUT2D eigenvalue weighted by Gasteiger charge is -1.91. The Morgan fingerprint density at radius 3 is 2.80 bits per heavy atom. The maximum atomic E-state index is 11.0. The average Bonchev–Trinajstić information content (AvgIpc) is 2.59. The molecule has 0 saturated carbocycles. The topological polar surface area (TPSA) is 86.2 Å². The maximum absolute atomic E-state index is 11.0. The lowest BCUT2D eigenvalue weighted by molar-refractivity contribution is 0.459. The van der Waals surface area contributed by atoms with Crippen LogP contribution in [0, 0.1) is 0 Å². The van der Waals surface area contributed by atoms with E-state index in [1.165, 1.54) is 0 Å². The molecule has 80 valence electrons. The molecule has 15 heavy (non-hydrogen) atoms. The average molecular weight is 291 g/mol. The van der Waals surface area contributed by atoms with Gasteiger partial charge in [-0.3, -0.25) is 0 Å². The van der Waals surface area contributed by atoms with Crippen molar-refractivity contribution in [3.63, 3.8) is 0 Å². The first-order chi connectivity index (χ1) is 7.00. The monoisotopic (exact) mass is 290 g/mol. The number of fused-ring (bicyclic) bond motifs is 1. The molecule has 0 aliphatic heterocycles. The number of oxazole rings is 1. The van der Waals surface area contributed by atoms with Crippen molar-refractivity contribution in [2.24, 2.45) is 5.14 Å². The van der Waals surface area contributed by atoms with Crippen molar-refractivity contribution >= 4 is 37.1 Å². The van der Waals surface area contributed by atoms with Gasteiger partial charge >= 0.3 is 5.22 Å². The highest BCUT2D eigenvalue weighted by Crippen LogP contribution is 2.20. The predicted molar refractivity (Wildman–Crippen MR) is 58.0 cm³/mol. The van der Waals surface area contributed by atoms with E-state index < -0.39 is 15.2 Å². The number of nitrogens with two attached hydrogens (primary N) is 1. The standard InChI is InChI=1S/C8H7BrN2O3S/c9-4-5-1-2-7-6(3-5)11-8(14-7)15(10,12)13/h1-3H,4H2,(H2,10,12,13). The molecular formula is C8H7BrN2O3S. The molecule has 0 spiro atoms. The van der Waals surface area contributed by atoms with Gasteiger partial charge in [0.05, 0.1) is 0 Å². The van der Waals surface area contributed by atoms with Crippen molar-refractivity contribution < 1.29 is 12.8 Å². The van der Waals surface area contributed by atoms with Crippen molar-refractivity contribution in [3.8, 4) is 0 Å². The summed E-state index contributed by atoms with van der Waals surface area (Å²) >= 11 is 3.29. The number of aromatic nitrogens is 1. The molecule has 0 aliphatic rings. The van der Waals surface area contributed by atoms with E-state index in [1.54, 1.807) is 12.1 Å². The first-order valence-corrected chi connectivity index (χ1v) is 6.66. The minimum atomic E-state index is -3.87. The van der Waals surface area contributed by atoms with Gasteiger partial charge in [-0.05, 0) is 17.7 Å². The second-order valence-corrected chi connectivity index (χ2v) is 4.96. The summed E-state index contributed by atoms with van der Waals surface area (Å²) in [6.07, 6.45) is 0. The summed E-state index contributed by atoms with van der Waals surface area (Å²) in [7, 11) is -3.87. The fraction of sp³-hybridized carbons (Fsp3) is 0.125. The van der Waals surface area contributed by atoms with Crippen LogP contribution in [0.25, 0.3) is 11.1 Å². The van der Waals surface area contributed by atoms with Gasteiger partial charge in [0.25, 0.3) is 10.0 Å². The molecular weight excluding hydrogens is 284 g/mol. The number of halogens is 1. The molecule has 2 aromatic rings. The van der Waals surface area contributed by atoms with Crippen LogP contribution in [-0.2, 0) is 15.4 Å². The van der Waals surface area contributed by atoms with Gasteiger partial charge in [-0.2, -0.15) is 4.98 Å². The molecule has 1 aromatic carbocycles. The largest absolute Gasteiger partial charge is 0.427 e. The van der Waals surface area contributed by atoms with Gasteiger partial charge in [0.2, 0.25) is 0 Å². The molecule has 0 bridgehead atoms. The van der Waals surface area contributed by atoms with Gasteiger partial charge in [0.1, 0.15) is 5.52 Å². The van der Waals surface area contributed by atoms with Gasteiger partial charge in [-0.1, -0.05) is 22.0 Å². The third kappa shape index (κ3) is 2.04. The second-order valence-electron chi connectivity index (χ2n) is 2.96. The summed E-state index contributed by atoms with van der Waals surface area (Å²) in [6, 6.07) is 5.21. The van der Waals surface area contributed by atoms with Crippen molar-refractivity contribution in [3.05, 3.63) is 23.8 Å². The van der Waals surface area contributed by atoms with Gasteiger partial charge in [-0.15, -0.1) is 0 Å². The number of hydrogen-bond donors (Lipinski definition) is 1. The molecule has 0 radical (unpaired) electrons. The van der Waals surface area contributed by atoms with E-state index in [2.05, 4.69) is 20.9 Å². The molecule has 0 saturated heterocycles. The van der Waals surface area contributed by atoms with Gasteiger partial charge in [0.15, 0.2) is 5.58 Å². The number of sulfonamides is 1. The first kappa shape index (κ1) is 10.6. The number of hydrogen-bond acceptors (Lipinski definition) is 4. The van der Waals surface area contributed by atoms with Crippen molar-refractivity contribution in [2.75, 3.05) is 0 Å². The maximum Gasteiger partial charge on any atom is 0.331 e. The first-order valence-electron chi connectivity index (χ1n) is 3.99. The molecule has 2 rings (SSSR count). The Labute approximate surface area is 94.5 Å². The Hall–Kier alpha value is -0.920. The summed E-state index contributed by atoms with van der Waals surface area (Å²) in [6.45, 7) is 0. The van der Waals surface area contributed by atoms with E-state index in [-0.39, 0.29) is 0 Å². The summed E-state index contributed by atoms with van der Waals surface area (Å²) in [5.41, 5.74) is 1.87. The number of benzene rings is 1. The number of alkyl halides is 1. The molecule has 1 heterocycles. The van der Waals surface area contributed by atoms with Crippen LogP contribution >= 0.6 is 15.9 Å². The minimum Gasteiger partial charge on any atom is -0.427 e. The predicted octanol–water partition coefficient (Wildman–Crippen LogP) is 1.37. The van der Waals surface area contributed by atoms with E-state index in [4.69, 9.17) is 9.56 Å².